The molecule has 0 saturated heterocycles. The summed E-state index contributed by atoms with van der Waals surface area (Å²) in [5.74, 6) is 5.67. The second-order valence-electron chi connectivity index (χ2n) is 4.31. The molecule has 0 aliphatic carbocycles. The van der Waals surface area contributed by atoms with E-state index in [1.807, 2.05) is 0 Å². The van der Waals surface area contributed by atoms with Gasteiger partial charge in [0.2, 0.25) is 0 Å². The SMILES string of the molecule is CC[C@H](C)CC/C(C)=[CH]/[Al]([CH3])[CH3]. The molecule has 0 aromatic heterocycles. The van der Waals surface area contributed by atoms with Gasteiger partial charge in [-0.05, 0) is 25.7 Å². The largest absolute Gasteiger partial charge is 0.288 e. The Morgan fingerprint density at radius 2 is 2.00 bits per heavy atom. The molecule has 0 heterocycles. The van der Waals surface area contributed by atoms with Crippen LogP contribution >= 0.6 is 0 Å². The fourth-order valence-electron chi connectivity index (χ4n) is 1.33. The van der Waals surface area contributed by atoms with Crippen LogP contribution in [0.4, 0.5) is 0 Å². The van der Waals surface area contributed by atoms with E-state index in [1.165, 1.54) is 19.3 Å². The maximum atomic E-state index is 2.52. The van der Waals surface area contributed by atoms with Crippen LogP contribution in [0.3, 0.4) is 0 Å². The van der Waals surface area contributed by atoms with Gasteiger partial charge in [0.25, 0.3) is 14.1 Å². The molecule has 0 radical (unpaired) electrons. The summed E-state index contributed by atoms with van der Waals surface area (Å²) in [4.78, 5) is 2.52. The summed E-state index contributed by atoms with van der Waals surface area (Å²) < 4.78 is 0. The fraction of sp³-hybridized carbons (Fsp3) is 0.818. The van der Waals surface area contributed by atoms with Crippen molar-refractivity contribution in [3.05, 3.63) is 10.5 Å². The van der Waals surface area contributed by atoms with Crippen molar-refractivity contribution < 1.29 is 0 Å². The molecule has 1 heteroatoms. The predicted molar refractivity (Wildman–Crippen MR) is 59.9 cm³/mol. The van der Waals surface area contributed by atoms with E-state index >= 15 is 0 Å². The molecule has 0 fully saturated rings. The zero-order chi connectivity index (χ0) is 9.56. The highest BCUT2D eigenvalue weighted by Gasteiger charge is 2.01. The molecule has 0 N–H and O–H groups in total. The van der Waals surface area contributed by atoms with Crippen molar-refractivity contribution in [2.75, 3.05) is 0 Å². The minimum atomic E-state index is -0.462. The summed E-state index contributed by atoms with van der Waals surface area (Å²) in [5.41, 5.74) is 1.62. The molecular formula is C11H23Al. The van der Waals surface area contributed by atoms with E-state index in [1.54, 1.807) is 5.57 Å². The van der Waals surface area contributed by atoms with Crippen molar-refractivity contribution in [1.29, 1.82) is 0 Å². The Balaban J connectivity index is 3.63. The quantitative estimate of drug-likeness (QED) is 0.563. The fourth-order valence-corrected chi connectivity index (χ4v) is 2.64. The minimum absolute atomic E-state index is 0.462. The lowest BCUT2D eigenvalue weighted by Gasteiger charge is -2.08. The summed E-state index contributed by atoms with van der Waals surface area (Å²) in [6.45, 7) is 6.91. The molecular weight excluding hydrogens is 159 g/mol. The Bertz CT molecular complexity index is 136. The number of hydrogen-bond donors (Lipinski definition) is 0. The molecule has 0 aromatic rings. The summed E-state index contributed by atoms with van der Waals surface area (Å²) in [6.07, 6.45) is 4.02. The van der Waals surface area contributed by atoms with Gasteiger partial charge in [0.15, 0.2) is 0 Å². The molecule has 12 heavy (non-hydrogen) atoms. The van der Waals surface area contributed by atoms with E-state index in [0.29, 0.717) is 0 Å². The van der Waals surface area contributed by atoms with Crippen LogP contribution in [-0.2, 0) is 0 Å². The second kappa shape index (κ2) is 6.75. The normalized spacial score (nSPS) is 14.6. The van der Waals surface area contributed by atoms with E-state index in [2.05, 4.69) is 37.3 Å². The van der Waals surface area contributed by atoms with Crippen LogP contribution in [-0.4, -0.2) is 14.1 Å². The molecule has 0 bridgehead atoms. The highest BCUT2D eigenvalue weighted by atomic mass is 27.2. The molecule has 0 aliphatic heterocycles. The van der Waals surface area contributed by atoms with E-state index in [4.69, 9.17) is 0 Å². The maximum absolute atomic E-state index is 2.52. The van der Waals surface area contributed by atoms with Crippen LogP contribution < -0.4 is 0 Å². The van der Waals surface area contributed by atoms with Crippen LogP contribution in [0.2, 0.25) is 11.6 Å². The molecule has 0 aliphatic rings. The highest BCUT2D eigenvalue weighted by molar-refractivity contribution is 6.61. The average molecular weight is 182 g/mol. The number of rotatable bonds is 5. The van der Waals surface area contributed by atoms with E-state index < -0.39 is 14.1 Å². The lowest BCUT2D eigenvalue weighted by atomic mass is 10.0. The summed E-state index contributed by atoms with van der Waals surface area (Å²) in [5, 5.41) is 0. The van der Waals surface area contributed by atoms with Gasteiger partial charge < -0.3 is 0 Å². The van der Waals surface area contributed by atoms with Crippen molar-refractivity contribution in [3.8, 4) is 0 Å². The summed E-state index contributed by atoms with van der Waals surface area (Å²) >= 11 is -0.462. The third-order valence-corrected chi connectivity index (χ3v) is 3.58. The van der Waals surface area contributed by atoms with Gasteiger partial charge in [-0.25, -0.2) is 0 Å². The van der Waals surface area contributed by atoms with Gasteiger partial charge >= 0.3 is 0 Å². The Morgan fingerprint density at radius 1 is 1.42 bits per heavy atom. The molecule has 0 saturated carbocycles. The van der Waals surface area contributed by atoms with Gasteiger partial charge in [-0.1, -0.05) is 25.8 Å². The molecule has 0 aromatic carbocycles. The van der Waals surface area contributed by atoms with Gasteiger partial charge in [-0.3, -0.25) is 0 Å². The van der Waals surface area contributed by atoms with Crippen LogP contribution in [0, 0.1) is 5.92 Å². The number of allylic oxidation sites excluding steroid dienone is 1. The maximum Gasteiger partial charge on any atom is 0.288 e. The molecule has 1 atom stereocenters. The van der Waals surface area contributed by atoms with Gasteiger partial charge in [0, 0.05) is 0 Å². The van der Waals surface area contributed by atoms with Crippen molar-refractivity contribution in [3.63, 3.8) is 0 Å². The van der Waals surface area contributed by atoms with Crippen LogP contribution in [0.15, 0.2) is 10.5 Å². The monoisotopic (exact) mass is 182 g/mol. The van der Waals surface area contributed by atoms with Crippen molar-refractivity contribution in [1.82, 2.24) is 0 Å². The first-order chi connectivity index (χ1) is 5.56. The van der Waals surface area contributed by atoms with E-state index in [-0.39, 0.29) is 0 Å². The number of hydrogen-bond acceptors (Lipinski definition) is 0. The minimum Gasteiger partial charge on any atom is -0.146 e. The molecule has 0 rings (SSSR count). The van der Waals surface area contributed by atoms with Gasteiger partial charge in [-0.2, -0.15) is 0 Å². The van der Waals surface area contributed by atoms with Gasteiger partial charge in [0.05, 0.1) is 0 Å². The molecule has 0 nitrogen and oxygen atoms in total. The van der Waals surface area contributed by atoms with Crippen LogP contribution in [0.5, 0.6) is 0 Å². The summed E-state index contributed by atoms with van der Waals surface area (Å²) in [7, 11) is 0. The first-order valence-corrected chi connectivity index (χ1v) is 8.21. The highest BCUT2D eigenvalue weighted by Crippen LogP contribution is 2.14. The first kappa shape index (κ1) is 12.3. The van der Waals surface area contributed by atoms with Crippen molar-refractivity contribution in [2.24, 2.45) is 5.92 Å². The summed E-state index contributed by atoms with van der Waals surface area (Å²) in [6, 6.07) is 0. The third kappa shape index (κ3) is 6.95. The third-order valence-electron chi connectivity index (χ3n) is 2.35. The second-order valence-corrected chi connectivity index (χ2v) is 7.13. The Hall–Kier alpha value is 0.272. The first-order valence-electron chi connectivity index (χ1n) is 5.23. The smallest absolute Gasteiger partial charge is 0.146 e. The Morgan fingerprint density at radius 3 is 2.42 bits per heavy atom. The lowest BCUT2D eigenvalue weighted by molar-refractivity contribution is 0.515. The Kier molecular flexibility index (Phi) is 6.91. The van der Waals surface area contributed by atoms with Crippen molar-refractivity contribution >= 4 is 14.1 Å². The molecule has 70 valence electrons. The van der Waals surface area contributed by atoms with E-state index in [9.17, 15) is 0 Å². The molecule has 0 unspecified atom stereocenters. The van der Waals surface area contributed by atoms with E-state index in [0.717, 1.165) is 5.92 Å². The van der Waals surface area contributed by atoms with Crippen LogP contribution in [0.25, 0.3) is 0 Å². The Labute approximate surface area is 82.4 Å². The van der Waals surface area contributed by atoms with Gasteiger partial charge in [-0.15, -0.1) is 16.5 Å². The molecule has 0 spiro atoms. The average Bonchev–Trinajstić information content (AvgIpc) is 1.99. The zero-order valence-corrected chi connectivity index (χ0v) is 10.5. The van der Waals surface area contributed by atoms with Crippen LogP contribution in [0.1, 0.15) is 40.0 Å². The lowest BCUT2D eigenvalue weighted by Crippen LogP contribution is -1.97. The van der Waals surface area contributed by atoms with Gasteiger partial charge in [0.1, 0.15) is 0 Å². The van der Waals surface area contributed by atoms with Crippen molar-refractivity contribution in [2.45, 2.75) is 51.6 Å². The standard InChI is InChI=1S/C9H17.2CH3.Al/c1-5-9(4)7-6-8(2)3;;;/h2,9H,5-7H2,1,3-4H3;2*1H3;/t9-;;;/m0.../s1. The topological polar surface area (TPSA) is 0 Å². The molecule has 0 amide bonds. The predicted octanol–water partition coefficient (Wildman–Crippen LogP) is 4.05. The zero-order valence-electron chi connectivity index (χ0n) is 9.35.